The normalized spacial score (nSPS) is 15.5. The van der Waals surface area contributed by atoms with Crippen molar-refractivity contribution in [2.75, 3.05) is 0 Å². The third kappa shape index (κ3) is 7.64. The number of benzene rings is 2. The minimum absolute atomic E-state index is 0.0985. The zero-order valence-electron chi connectivity index (χ0n) is 21.6. The lowest BCUT2D eigenvalue weighted by Crippen LogP contribution is -2.41. The average molecular weight is 578 g/mol. The number of nitrogens with one attached hydrogen (secondary N) is 1. The van der Waals surface area contributed by atoms with E-state index in [4.69, 9.17) is 32.7 Å². The van der Waals surface area contributed by atoms with E-state index in [-0.39, 0.29) is 37.3 Å². The molecule has 0 bridgehead atoms. The van der Waals surface area contributed by atoms with Gasteiger partial charge in [0.25, 0.3) is 11.8 Å². The molecule has 0 atom stereocenters. The van der Waals surface area contributed by atoms with Crippen LogP contribution >= 0.6 is 23.2 Å². The fourth-order valence-electron chi connectivity index (χ4n) is 4.05. The van der Waals surface area contributed by atoms with E-state index in [0.29, 0.717) is 32.6 Å². The van der Waals surface area contributed by atoms with Crippen molar-refractivity contribution in [1.82, 2.24) is 15.3 Å². The first-order valence-electron chi connectivity index (χ1n) is 12.3. The number of rotatable bonds is 5. The molecule has 1 N–H and O–H groups in total. The highest BCUT2D eigenvalue weighted by Gasteiger charge is 2.36. The van der Waals surface area contributed by atoms with E-state index in [0.717, 1.165) is 0 Å². The average Bonchev–Trinajstić information content (AvgIpc) is 2.85. The molecule has 0 radical (unpaired) electrons. The molecule has 0 saturated heterocycles. The SMILES string of the molecule is CC(C)(C)OC(=O)Oc1nc(-c2ccc(Cl)cc2)c(-c2ccc(Cl)cc2)nc1C(=O)NC1CCC(F)(F)CC1. The Labute approximate surface area is 234 Å². The van der Waals surface area contributed by atoms with E-state index in [1.54, 1.807) is 69.3 Å². The first-order valence-corrected chi connectivity index (χ1v) is 13.1. The number of carbonyl (C=O) groups excluding carboxylic acids is 2. The Hall–Kier alpha value is -3.30. The Kier molecular flexibility index (Phi) is 8.42. The molecule has 11 heteroatoms. The molecule has 0 spiro atoms. The van der Waals surface area contributed by atoms with Crippen LogP contribution in [0, 0.1) is 0 Å². The molecule has 39 heavy (non-hydrogen) atoms. The molecule has 1 aliphatic rings. The summed E-state index contributed by atoms with van der Waals surface area (Å²) in [6.45, 7) is 4.99. The summed E-state index contributed by atoms with van der Waals surface area (Å²) in [5.41, 5.74) is 0.634. The lowest BCUT2D eigenvalue weighted by Gasteiger charge is -2.28. The molecule has 4 rings (SSSR count). The van der Waals surface area contributed by atoms with E-state index in [2.05, 4.69) is 15.3 Å². The predicted molar refractivity (Wildman–Crippen MR) is 144 cm³/mol. The maximum Gasteiger partial charge on any atom is 0.515 e. The van der Waals surface area contributed by atoms with Crippen LogP contribution in [0.1, 0.15) is 56.9 Å². The summed E-state index contributed by atoms with van der Waals surface area (Å²) < 4.78 is 38.0. The highest BCUT2D eigenvalue weighted by atomic mass is 35.5. The molecule has 2 aromatic carbocycles. The Bertz CT molecular complexity index is 1350. The highest BCUT2D eigenvalue weighted by molar-refractivity contribution is 6.31. The van der Waals surface area contributed by atoms with Gasteiger partial charge < -0.3 is 14.8 Å². The summed E-state index contributed by atoms with van der Waals surface area (Å²) in [4.78, 5) is 35.1. The summed E-state index contributed by atoms with van der Waals surface area (Å²) >= 11 is 12.2. The Balaban J connectivity index is 1.80. The number of hydrogen-bond donors (Lipinski definition) is 1. The van der Waals surface area contributed by atoms with Crippen LogP contribution in [0.3, 0.4) is 0 Å². The zero-order valence-corrected chi connectivity index (χ0v) is 23.1. The zero-order chi connectivity index (χ0) is 28.4. The first-order chi connectivity index (χ1) is 18.3. The molecule has 3 aromatic rings. The lowest BCUT2D eigenvalue weighted by molar-refractivity contribution is -0.0399. The molecular weight excluding hydrogens is 551 g/mol. The van der Waals surface area contributed by atoms with Crippen LogP contribution in [-0.4, -0.2) is 39.6 Å². The monoisotopic (exact) mass is 577 g/mol. The van der Waals surface area contributed by atoms with Gasteiger partial charge in [0, 0.05) is 40.1 Å². The summed E-state index contributed by atoms with van der Waals surface area (Å²) in [5.74, 6) is -3.85. The standard InChI is InChI=1S/C28H27Cl2F2N3O4/c1-27(2,3)39-26(37)38-25-23(24(36)33-20-12-14-28(31,32)15-13-20)34-21(16-4-8-18(29)9-5-16)22(35-25)17-6-10-19(30)11-7-17/h4-11,20H,12-15H2,1-3H3,(H,33,36). The number of hydrogen-bond acceptors (Lipinski definition) is 6. The molecule has 0 unspecified atom stereocenters. The third-order valence-corrected chi connectivity index (χ3v) is 6.44. The maximum atomic E-state index is 13.7. The van der Waals surface area contributed by atoms with Gasteiger partial charge in [-0.2, -0.15) is 0 Å². The minimum Gasteiger partial charge on any atom is -0.428 e. The molecule has 7 nitrogen and oxygen atoms in total. The van der Waals surface area contributed by atoms with Gasteiger partial charge in [0.15, 0.2) is 5.69 Å². The van der Waals surface area contributed by atoms with Gasteiger partial charge in [0.1, 0.15) is 11.3 Å². The Morgan fingerprint density at radius 3 is 1.87 bits per heavy atom. The van der Waals surface area contributed by atoms with Gasteiger partial charge in [-0.05, 0) is 57.9 Å². The fraction of sp³-hybridized carbons (Fsp3) is 0.357. The van der Waals surface area contributed by atoms with Gasteiger partial charge in [0.05, 0.1) is 5.69 Å². The van der Waals surface area contributed by atoms with Crippen molar-refractivity contribution in [1.29, 1.82) is 0 Å². The van der Waals surface area contributed by atoms with Crippen LogP contribution in [0.2, 0.25) is 10.0 Å². The molecule has 1 saturated carbocycles. The molecule has 1 aromatic heterocycles. The maximum absolute atomic E-state index is 13.7. The van der Waals surface area contributed by atoms with Crippen LogP contribution in [-0.2, 0) is 4.74 Å². The summed E-state index contributed by atoms with van der Waals surface area (Å²) in [6.07, 6.45) is -1.56. The number of alkyl halides is 2. The molecular formula is C28H27Cl2F2N3O4. The van der Waals surface area contributed by atoms with Crippen molar-refractivity contribution < 1.29 is 27.8 Å². The van der Waals surface area contributed by atoms with Crippen molar-refractivity contribution >= 4 is 35.3 Å². The van der Waals surface area contributed by atoms with Crippen LogP contribution in [0.4, 0.5) is 13.6 Å². The summed E-state index contributed by atoms with van der Waals surface area (Å²) in [5, 5.41) is 3.74. The number of ether oxygens (including phenoxy) is 2. The van der Waals surface area contributed by atoms with Crippen molar-refractivity contribution in [2.24, 2.45) is 0 Å². The van der Waals surface area contributed by atoms with Crippen LogP contribution in [0.15, 0.2) is 48.5 Å². The summed E-state index contributed by atoms with van der Waals surface area (Å²) in [7, 11) is 0. The number of nitrogens with zero attached hydrogens (tertiary/aromatic N) is 2. The molecule has 1 aliphatic carbocycles. The van der Waals surface area contributed by atoms with E-state index in [1.807, 2.05) is 0 Å². The quantitative estimate of drug-likeness (QED) is 0.312. The Morgan fingerprint density at radius 1 is 0.897 bits per heavy atom. The predicted octanol–water partition coefficient (Wildman–Crippen LogP) is 7.74. The van der Waals surface area contributed by atoms with E-state index < -0.39 is 29.6 Å². The second-order valence-corrected chi connectivity index (χ2v) is 11.1. The van der Waals surface area contributed by atoms with Crippen molar-refractivity contribution in [3.05, 3.63) is 64.3 Å². The van der Waals surface area contributed by atoms with Crippen molar-refractivity contribution in [3.8, 4) is 28.4 Å². The van der Waals surface area contributed by atoms with E-state index >= 15 is 0 Å². The van der Waals surface area contributed by atoms with Crippen LogP contribution in [0.25, 0.3) is 22.5 Å². The van der Waals surface area contributed by atoms with Gasteiger partial charge in [-0.3, -0.25) is 4.79 Å². The van der Waals surface area contributed by atoms with Gasteiger partial charge in [-0.15, -0.1) is 0 Å². The molecule has 206 valence electrons. The highest BCUT2D eigenvalue weighted by Crippen LogP contribution is 2.35. The molecule has 1 amide bonds. The summed E-state index contributed by atoms with van der Waals surface area (Å²) in [6, 6.07) is 13.0. The van der Waals surface area contributed by atoms with Crippen molar-refractivity contribution in [3.63, 3.8) is 0 Å². The topological polar surface area (TPSA) is 90.4 Å². The van der Waals surface area contributed by atoms with Gasteiger partial charge in [-0.25, -0.2) is 23.5 Å². The first kappa shape index (κ1) is 28.7. The molecule has 1 heterocycles. The van der Waals surface area contributed by atoms with E-state index in [1.165, 1.54) is 0 Å². The largest absolute Gasteiger partial charge is 0.515 e. The smallest absolute Gasteiger partial charge is 0.428 e. The second kappa shape index (κ2) is 11.4. The number of halogens is 4. The van der Waals surface area contributed by atoms with Crippen LogP contribution in [0.5, 0.6) is 5.88 Å². The number of carbonyl (C=O) groups is 2. The van der Waals surface area contributed by atoms with Gasteiger partial charge in [-0.1, -0.05) is 47.5 Å². The van der Waals surface area contributed by atoms with Crippen molar-refractivity contribution in [2.45, 2.75) is 64.0 Å². The van der Waals surface area contributed by atoms with E-state index in [9.17, 15) is 18.4 Å². The number of aromatic nitrogens is 2. The van der Waals surface area contributed by atoms with Gasteiger partial charge >= 0.3 is 6.16 Å². The third-order valence-electron chi connectivity index (χ3n) is 5.94. The molecule has 0 aliphatic heterocycles. The number of amides is 1. The minimum atomic E-state index is -2.76. The lowest BCUT2D eigenvalue weighted by atomic mass is 9.92. The second-order valence-electron chi connectivity index (χ2n) is 10.3. The molecule has 1 fully saturated rings. The van der Waals surface area contributed by atoms with Crippen LogP contribution < -0.4 is 10.1 Å². The fourth-order valence-corrected chi connectivity index (χ4v) is 4.30. The Morgan fingerprint density at radius 2 is 1.38 bits per heavy atom. The van der Waals surface area contributed by atoms with Gasteiger partial charge in [0.2, 0.25) is 5.92 Å².